The Morgan fingerprint density at radius 2 is 1.41 bits per heavy atom. The second-order valence-corrected chi connectivity index (χ2v) is 7.02. The molecule has 4 aromatic rings. The topological polar surface area (TPSA) is 29.1 Å². The molecule has 2 heteroatoms. The first-order chi connectivity index (χ1) is 13.3. The molecule has 0 saturated heterocycles. The second kappa shape index (κ2) is 6.40. The number of benzene rings is 4. The molecule has 0 fully saturated rings. The van der Waals surface area contributed by atoms with Gasteiger partial charge in [0.15, 0.2) is 5.78 Å². The Hall–Kier alpha value is -3.39. The summed E-state index contributed by atoms with van der Waals surface area (Å²) in [6, 6.07) is 31.0. The molecule has 0 spiro atoms. The van der Waals surface area contributed by atoms with Gasteiger partial charge < -0.3 is 5.32 Å². The number of hydrogen-bond donors (Lipinski definition) is 1. The van der Waals surface area contributed by atoms with Crippen molar-refractivity contribution >= 4 is 22.2 Å². The maximum atomic E-state index is 12.9. The lowest BCUT2D eigenvalue weighted by molar-refractivity contribution is 0.0974. The van der Waals surface area contributed by atoms with Gasteiger partial charge in [-0.15, -0.1) is 0 Å². The van der Waals surface area contributed by atoms with Crippen molar-refractivity contribution in [2.75, 3.05) is 5.32 Å². The smallest absolute Gasteiger partial charge is 0.167 e. The Bertz CT molecular complexity index is 1130. The van der Waals surface area contributed by atoms with Gasteiger partial charge in [-0.3, -0.25) is 4.79 Å². The maximum absolute atomic E-state index is 12.9. The molecule has 0 saturated carbocycles. The van der Waals surface area contributed by atoms with E-state index in [2.05, 4.69) is 53.8 Å². The molecule has 2 nitrogen and oxygen atoms in total. The van der Waals surface area contributed by atoms with Crippen molar-refractivity contribution < 1.29 is 4.79 Å². The molecule has 1 unspecified atom stereocenters. The summed E-state index contributed by atoms with van der Waals surface area (Å²) in [5, 5.41) is 5.72. The van der Waals surface area contributed by atoms with E-state index in [1.807, 2.05) is 42.5 Å². The van der Waals surface area contributed by atoms with E-state index in [4.69, 9.17) is 0 Å². The lowest BCUT2D eigenvalue weighted by Gasteiger charge is -2.27. The minimum absolute atomic E-state index is 0.0102. The number of carbonyl (C=O) groups excluding carboxylic acids is 1. The highest BCUT2D eigenvalue weighted by atomic mass is 16.1. The molecule has 0 aliphatic carbocycles. The lowest BCUT2D eigenvalue weighted by atomic mass is 9.89. The quantitative estimate of drug-likeness (QED) is 0.464. The molecule has 27 heavy (non-hydrogen) atoms. The van der Waals surface area contributed by atoms with Crippen LogP contribution in [0.2, 0.25) is 0 Å². The van der Waals surface area contributed by atoms with Crippen LogP contribution in [0.15, 0.2) is 91.0 Å². The van der Waals surface area contributed by atoms with Crippen LogP contribution in [-0.4, -0.2) is 5.78 Å². The summed E-state index contributed by atoms with van der Waals surface area (Å²) in [6.07, 6.45) is 0.478. The van der Waals surface area contributed by atoms with Crippen molar-refractivity contribution in [3.63, 3.8) is 0 Å². The molecule has 1 atom stereocenters. The van der Waals surface area contributed by atoms with E-state index >= 15 is 0 Å². The summed E-state index contributed by atoms with van der Waals surface area (Å²) >= 11 is 0. The number of fused-ring (bicyclic) bond motifs is 3. The molecule has 1 aliphatic heterocycles. The molecule has 130 valence electrons. The number of Topliss-reactive ketones (excluding diaryl/α,β-unsaturated/α-hetero) is 1. The summed E-state index contributed by atoms with van der Waals surface area (Å²) in [5.41, 5.74) is 5.29. The van der Waals surface area contributed by atoms with Crippen molar-refractivity contribution in [1.29, 1.82) is 0 Å². The number of anilines is 1. The molecule has 0 bridgehead atoms. The minimum atomic E-state index is 0.0102. The molecule has 1 heterocycles. The zero-order chi connectivity index (χ0) is 18.2. The number of nitrogens with one attached hydrogen (secondary N) is 1. The first-order valence-electron chi connectivity index (χ1n) is 9.26. The zero-order valence-corrected chi connectivity index (χ0v) is 14.9. The van der Waals surface area contributed by atoms with Gasteiger partial charge in [0.25, 0.3) is 0 Å². The van der Waals surface area contributed by atoms with Gasteiger partial charge in [0.1, 0.15) is 0 Å². The highest BCUT2D eigenvalue weighted by Gasteiger charge is 2.27. The molecular weight excluding hydrogens is 330 g/mol. The van der Waals surface area contributed by atoms with Crippen molar-refractivity contribution in [2.45, 2.75) is 12.5 Å². The molecule has 0 radical (unpaired) electrons. The van der Waals surface area contributed by atoms with Crippen LogP contribution in [0.25, 0.3) is 21.9 Å². The Labute approximate surface area is 158 Å². The average Bonchev–Trinajstić information content (AvgIpc) is 2.74. The zero-order valence-electron chi connectivity index (χ0n) is 14.9. The SMILES string of the molecule is O=C1CC(c2ccc(-c3ccccc3)cc2)Nc2ccc3ccccc3c21. The van der Waals surface area contributed by atoms with Crippen LogP contribution in [0, 0.1) is 0 Å². The largest absolute Gasteiger partial charge is 0.377 e. The monoisotopic (exact) mass is 349 g/mol. The molecule has 4 aromatic carbocycles. The van der Waals surface area contributed by atoms with Crippen molar-refractivity contribution in [3.05, 3.63) is 102 Å². The van der Waals surface area contributed by atoms with Crippen LogP contribution in [0.4, 0.5) is 5.69 Å². The van der Waals surface area contributed by atoms with Crippen LogP contribution in [0.3, 0.4) is 0 Å². The Morgan fingerprint density at radius 1 is 0.704 bits per heavy atom. The highest BCUT2D eigenvalue weighted by Crippen LogP contribution is 2.37. The van der Waals surface area contributed by atoms with Crippen LogP contribution < -0.4 is 5.32 Å². The summed E-state index contributed by atoms with van der Waals surface area (Å²) in [7, 11) is 0. The third-order valence-electron chi connectivity index (χ3n) is 5.35. The summed E-state index contributed by atoms with van der Waals surface area (Å²) in [4.78, 5) is 12.9. The molecule has 0 amide bonds. The van der Waals surface area contributed by atoms with Gasteiger partial charge in [0.2, 0.25) is 0 Å². The predicted molar refractivity (Wildman–Crippen MR) is 111 cm³/mol. The highest BCUT2D eigenvalue weighted by molar-refractivity contribution is 6.14. The minimum Gasteiger partial charge on any atom is -0.377 e. The van der Waals surface area contributed by atoms with Gasteiger partial charge >= 0.3 is 0 Å². The van der Waals surface area contributed by atoms with Gasteiger partial charge in [-0.2, -0.15) is 0 Å². The van der Waals surface area contributed by atoms with Gasteiger partial charge in [0, 0.05) is 17.7 Å². The molecule has 1 aliphatic rings. The molecule has 5 rings (SSSR count). The maximum Gasteiger partial charge on any atom is 0.167 e. The summed E-state index contributed by atoms with van der Waals surface area (Å²) < 4.78 is 0. The third kappa shape index (κ3) is 2.80. The van der Waals surface area contributed by atoms with E-state index in [9.17, 15) is 4.79 Å². The van der Waals surface area contributed by atoms with Crippen LogP contribution in [-0.2, 0) is 0 Å². The molecular formula is C25H19NO. The summed E-state index contributed by atoms with van der Waals surface area (Å²) in [5.74, 6) is 0.206. The van der Waals surface area contributed by atoms with E-state index in [-0.39, 0.29) is 11.8 Å². The fourth-order valence-electron chi connectivity index (χ4n) is 3.96. The second-order valence-electron chi connectivity index (χ2n) is 7.02. The van der Waals surface area contributed by atoms with Gasteiger partial charge in [-0.05, 0) is 33.5 Å². The van der Waals surface area contributed by atoms with Gasteiger partial charge in [0.05, 0.1) is 6.04 Å². The molecule has 1 N–H and O–H groups in total. The van der Waals surface area contributed by atoms with Crippen molar-refractivity contribution in [3.8, 4) is 11.1 Å². The van der Waals surface area contributed by atoms with Gasteiger partial charge in [-0.1, -0.05) is 84.9 Å². The van der Waals surface area contributed by atoms with E-state index < -0.39 is 0 Å². The Balaban J connectivity index is 1.48. The molecule has 0 aromatic heterocycles. The van der Waals surface area contributed by atoms with E-state index in [1.165, 1.54) is 11.1 Å². The first kappa shape index (κ1) is 15.8. The average molecular weight is 349 g/mol. The number of hydrogen-bond acceptors (Lipinski definition) is 2. The fraction of sp³-hybridized carbons (Fsp3) is 0.0800. The third-order valence-corrected chi connectivity index (χ3v) is 5.35. The number of ketones is 1. The van der Waals surface area contributed by atoms with E-state index in [0.717, 1.165) is 27.6 Å². The Morgan fingerprint density at radius 3 is 2.22 bits per heavy atom. The Kier molecular flexibility index (Phi) is 3.75. The number of rotatable bonds is 2. The van der Waals surface area contributed by atoms with Crippen molar-refractivity contribution in [2.24, 2.45) is 0 Å². The van der Waals surface area contributed by atoms with Crippen molar-refractivity contribution in [1.82, 2.24) is 0 Å². The van der Waals surface area contributed by atoms with E-state index in [1.54, 1.807) is 0 Å². The fourth-order valence-corrected chi connectivity index (χ4v) is 3.96. The first-order valence-corrected chi connectivity index (χ1v) is 9.26. The predicted octanol–water partition coefficient (Wildman–Crippen LogP) is 6.25. The van der Waals surface area contributed by atoms with E-state index in [0.29, 0.717) is 6.42 Å². The summed E-state index contributed by atoms with van der Waals surface area (Å²) in [6.45, 7) is 0. The standard InChI is InChI=1S/C25H19NO/c27-24-16-23(20-12-10-18(11-13-20)17-6-2-1-3-7-17)26-22-15-14-19-8-4-5-9-21(19)25(22)24/h1-15,23,26H,16H2. The normalized spacial score (nSPS) is 16.0. The van der Waals surface area contributed by atoms with Crippen LogP contribution in [0.1, 0.15) is 28.4 Å². The van der Waals surface area contributed by atoms with Gasteiger partial charge in [-0.25, -0.2) is 0 Å². The number of carbonyl (C=O) groups is 1. The lowest BCUT2D eigenvalue weighted by Crippen LogP contribution is -2.23. The van der Waals surface area contributed by atoms with Crippen LogP contribution >= 0.6 is 0 Å². The van der Waals surface area contributed by atoms with Crippen LogP contribution in [0.5, 0.6) is 0 Å².